The molecule has 2 aromatic heterocycles. The Hall–Kier alpha value is -2.77. The van der Waals surface area contributed by atoms with Gasteiger partial charge in [0.05, 0.1) is 19.5 Å². The molecule has 25 nitrogen and oxygen atoms in total. The fraction of sp³-hybridized carbons (Fsp3) is 0.852. The number of hydrogen-bond donors (Lipinski definition) is 9. The van der Waals surface area contributed by atoms with Gasteiger partial charge in [-0.1, -0.05) is 232 Å². The molecule has 1 aliphatic heterocycles. The molecule has 2 amide bonds. The maximum absolute atomic E-state index is 12.8. The van der Waals surface area contributed by atoms with Crippen LogP contribution < -0.4 is 16.4 Å². The molecule has 0 spiro atoms. The number of carbonyl (C=O) groups is 4. The Labute approximate surface area is 539 Å². The van der Waals surface area contributed by atoms with Crippen LogP contribution >= 0.6 is 35.2 Å². The summed E-state index contributed by atoms with van der Waals surface area (Å²) in [5.41, 5.74) is 4.30. The molecule has 2 unspecified atom stereocenters. The number of aromatic nitrogens is 4. The van der Waals surface area contributed by atoms with E-state index in [4.69, 9.17) is 19.5 Å². The van der Waals surface area contributed by atoms with Crippen molar-refractivity contribution in [1.29, 1.82) is 0 Å². The number of imidazole rings is 1. The Balaban J connectivity index is 1.09. The number of carbonyl (C=O) groups excluding carboxylic acids is 4. The van der Waals surface area contributed by atoms with E-state index in [1.807, 2.05) is 0 Å². The Morgan fingerprint density at radius 2 is 1.10 bits per heavy atom. The molecule has 29 heteroatoms. The number of Topliss-reactive ketones (excluding diaryl/α,β-unsaturated/α-hetero) is 1. The Morgan fingerprint density at radius 1 is 0.644 bits per heavy atom. The number of phosphoric acid groups is 3. The molecule has 0 saturated carbocycles. The summed E-state index contributed by atoms with van der Waals surface area (Å²) >= 11 is 1.16. The van der Waals surface area contributed by atoms with Gasteiger partial charge in [-0.25, -0.2) is 28.6 Å². The number of phosphoric ester groups is 3. The summed E-state index contributed by atoms with van der Waals surface area (Å²) in [5, 5.41) is 26.8. The van der Waals surface area contributed by atoms with Crippen LogP contribution in [0.5, 0.6) is 0 Å². The summed E-state index contributed by atoms with van der Waals surface area (Å²) < 4.78 is 62.7. The molecular formula is C61H112N7O18P3S. The van der Waals surface area contributed by atoms with Crippen molar-refractivity contribution < 1.29 is 85.3 Å². The van der Waals surface area contributed by atoms with Crippen molar-refractivity contribution in [2.24, 2.45) is 5.41 Å². The first-order chi connectivity index (χ1) is 42.9. The van der Waals surface area contributed by atoms with Gasteiger partial charge in [-0.3, -0.25) is 37.3 Å². The Bertz CT molecular complexity index is 2480. The number of aliphatic hydroxyl groups is 2. The number of rotatable bonds is 57. The van der Waals surface area contributed by atoms with Gasteiger partial charge in [0.25, 0.3) is 0 Å². The standard InChI is InChI=1S/C61H112N7O18P3S/c1-4-5-6-7-8-9-10-11-12-14-17-20-23-26-29-32-35-38-49(69)39-36-33-30-27-24-21-18-15-13-16-19-22-25-28-31-34-37-40-52(71)90-44-43-63-51(70)41-42-64-59(74)56(73)61(2,3)46-83-89(80,81)86-88(78,79)82-45-50-55(85-87(75,76)77)54(72)60(84-50)68-48-67-53-57(62)65-47-66-58(53)68/h47-48,50,54-56,60,72-73H,4-46H2,1-3H3,(H,63,70)(H,64,74)(H,78,79)(H,80,81)(H2,62,65,66)(H2,75,76,77)/t50-,54-,55-,56+,60-/m1/s1. The molecule has 0 aliphatic carbocycles. The number of nitrogen functional groups attached to an aromatic ring is 1. The molecule has 1 fully saturated rings. The van der Waals surface area contributed by atoms with Crippen LogP contribution in [0, 0.1) is 5.41 Å². The molecule has 0 aromatic carbocycles. The molecule has 2 aromatic rings. The van der Waals surface area contributed by atoms with Crippen LogP contribution in [0.15, 0.2) is 12.7 Å². The van der Waals surface area contributed by atoms with Gasteiger partial charge in [0, 0.05) is 49.9 Å². The molecule has 90 heavy (non-hydrogen) atoms. The summed E-state index contributed by atoms with van der Waals surface area (Å²) in [6, 6.07) is 0. The van der Waals surface area contributed by atoms with Gasteiger partial charge >= 0.3 is 23.5 Å². The third kappa shape index (κ3) is 36.8. The second-order valence-electron chi connectivity index (χ2n) is 24.7. The number of thioether (sulfide) groups is 1. The van der Waals surface area contributed by atoms with E-state index in [2.05, 4.69) is 41.3 Å². The number of nitrogens with zero attached hydrogens (tertiary/aromatic N) is 4. The lowest BCUT2D eigenvalue weighted by Gasteiger charge is -2.30. The highest BCUT2D eigenvalue weighted by atomic mass is 32.2. The fourth-order valence-electron chi connectivity index (χ4n) is 10.8. The Kier molecular flexibility index (Phi) is 42.0. The first kappa shape index (κ1) is 81.5. The number of aliphatic hydroxyl groups excluding tert-OH is 2. The third-order valence-corrected chi connectivity index (χ3v) is 20.2. The number of nitrogens with one attached hydrogen (secondary N) is 2. The highest BCUT2D eigenvalue weighted by Gasteiger charge is 2.50. The fourth-order valence-corrected chi connectivity index (χ4v) is 14.3. The number of ketones is 1. The van der Waals surface area contributed by atoms with Crippen molar-refractivity contribution in [3.8, 4) is 0 Å². The molecule has 0 radical (unpaired) electrons. The zero-order valence-corrected chi connectivity index (χ0v) is 57.6. The van der Waals surface area contributed by atoms with E-state index in [1.165, 1.54) is 200 Å². The molecule has 1 aliphatic rings. The minimum Gasteiger partial charge on any atom is -0.386 e. The molecule has 520 valence electrons. The third-order valence-electron chi connectivity index (χ3n) is 16.2. The molecular weight excluding hydrogens is 1240 g/mol. The van der Waals surface area contributed by atoms with Gasteiger partial charge in [0.1, 0.15) is 42.0 Å². The van der Waals surface area contributed by atoms with Crippen LogP contribution in [0.4, 0.5) is 5.82 Å². The molecule has 10 N–H and O–H groups in total. The summed E-state index contributed by atoms with van der Waals surface area (Å²) in [6.45, 7) is 2.85. The summed E-state index contributed by atoms with van der Waals surface area (Å²) in [7, 11) is -16.4. The van der Waals surface area contributed by atoms with Crippen LogP contribution in [-0.2, 0) is 55.5 Å². The van der Waals surface area contributed by atoms with Gasteiger partial charge in [-0.2, -0.15) is 4.31 Å². The van der Waals surface area contributed by atoms with Gasteiger partial charge in [0.2, 0.25) is 11.8 Å². The van der Waals surface area contributed by atoms with Crippen LogP contribution in [-0.4, -0.2) is 128 Å². The minimum absolute atomic E-state index is 0.0328. The zero-order valence-electron chi connectivity index (χ0n) is 54.1. The van der Waals surface area contributed by atoms with Crippen LogP contribution in [0.2, 0.25) is 0 Å². The van der Waals surface area contributed by atoms with E-state index in [1.54, 1.807) is 0 Å². The maximum Gasteiger partial charge on any atom is 0.481 e. The number of ether oxygens (including phenoxy) is 1. The molecule has 3 rings (SSSR count). The van der Waals surface area contributed by atoms with Gasteiger partial charge in [0.15, 0.2) is 22.8 Å². The van der Waals surface area contributed by atoms with Crippen molar-refractivity contribution in [3.05, 3.63) is 12.7 Å². The van der Waals surface area contributed by atoms with E-state index in [0.29, 0.717) is 18.0 Å². The quantitative estimate of drug-likeness (QED) is 0.0219. The van der Waals surface area contributed by atoms with Gasteiger partial charge in [-0.15, -0.1) is 0 Å². The van der Waals surface area contributed by atoms with E-state index >= 15 is 0 Å². The maximum atomic E-state index is 12.8. The van der Waals surface area contributed by atoms with Crippen LogP contribution in [0.3, 0.4) is 0 Å². The minimum atomic E-state index is -5.59. The normalized spacial score (nSPS) is 18.0. The lowest BCUT2D eigenvalue weighted by Crippen LogP contribution is -2.46. The SMILES string of the molecule is CCCCCCCCCCCCCCCCCCCC(=O)CCCCCCCCCCCCCCCCCCCC(=O)SCCNC(=O)CCNC(=O)[C@H](O)C(C)(C)COP(=O)(O)OP(=O)(O)OC[C@H]1O[C@@H](n2cnc3c(N)ncnc32)[C@H](O)[C@@H]1OP(=O)(O)O. The molecule has 3 heterocycles. The average molecular weight is 1360 g/mol. The summed E-state index contributed by atoms with van der Waals surface area (Å²) in [6.07, 6.45) is 38.8. The molecule has 1 saturated heterocycles. The number of amides is 2. The Morgan fingerprint density at radius 3 is 1.58 bits per heavy atom. The van der Waals surface area contributed by atoms with Crippen molar-refractivity contribution in [2.75, 3.05) is 37.8 Å². The average Bonchev–Trinajstić information content (AvgIpc) is 1.64. The summed E-state index contributed by atoms with van der Waals surface area (Å²) in [5.74, 6) is -0.562. The van der Waals surface area contributed by atoms with E-state index in [0.717, 1.165) is 73.9 Å². The van der Waals surface area contributed by atoms with Crippen LogP contribution in [0.1, 0.15) is 271 Å². The molecule has 7 atom stereocenters. The molecule has 0 bridgehead atoms. The largest absolute Gasteiger partial charge is 0.481 e. The smallest absolute Gasteiger partial charge is 0.386 e. The van der Waals surface area contributed by atoms with Crippen molar-refractivity contribution in [2.45, 2.75) is 295 Å². The predicted molar refractivity (Wildman–Crippen MR) is 349 cm³/mol. The lowest BCUT2D eigenvalue weighted by molar-refractivity contribution is -0.137. The first-order valence-electron chi connectivity index (χ1n) is 33.5. The number of unbranched alkanes of at least 4 members (excludes halogenated alkanes) is 32. The summed E-state index contributed by atoms with van der Waals surface area (Å²) in [4.78, 5) is 101. The monoisotopic (exact) mass is 1360 g/mol. The topological polar surface area (TPSA) is 381 Å². The highest BCUT2D eigenvalue weighted by molar-refractivity contribution is 8.13. The predicted octanol–water partition coefficient (Wildman–Crippen LogP) is 12.7. The number of anilines is 1. The number of fused-ring (bicyclic) bond motifs is 1. The second-order valence-corrected chi connectivity index (χ2v) is 30.1. The number of hydrogen-bond acceptors (Lipinski definition) is 19. The lowest BCUT2D eigenvalue weighted by atomic mass is 9.87. The number of nitrogens with two attached hydrogens (primary N) is 1. The van der Waals surface area contributed by atoms with Crippen LogP contribution in [0.25, 0.3) is 11.2 Å². The first-order valence-corrected chi connectivity index (χ1v) is 39.0. The van der Waals surface area contributed by atoms with E-state index < -0.39 is 84.6 Å². The second kappa shape index (κ2) is 46.4. The zero-order chi connectivity index (χ0) is 66.1. The van der Waals surface area contributed by atoms with E-state index in [9.17, 15) is 62.7 Å². The van der Waals surface area contributed by atoms with Crippen molar-refractivity contribution >= 4 is 74.9 Å². The van der Waals surface area contributed by atoms with E-state index in [-0.39, 0.29) is 41.6 Å². The van der Waals surface area contributed by atoms with Crippen molar-refractivity contribution in [3.63, 3.8) is 0 Å². The van der Waals surface area contributed by atoms with Crippen molar-refractivity contribution in [1.82, 2.24) is 30.2 Å². The highest BCUT2D eigenvalue weighted by Crippen LogP contribution is 2.61. The van der Waals surface area contributed by atoms with Gasteiger partial charge in [-0.05, 0) is 19.3 Å². The van der Waals surface area contributed by atoms with Gasteiger partial charge < -0.3 is 50.9 Å².